The van der Waals surface area contributed by atoms with E-state index >= 15 is 0 Å². The number of para-hydroxylation sites is 1. The Balaban J connectivity index is 2.03. The minimum absolute atomic E-state index is 0.0282. The maximum Gasteiger partial charge on any atom is 0.264 e. The number of carbonyl (C=O) groups excluding carboxylic acids is 2. The number of benzene rings is 3. The molecule has 2 amide bonds. The molecule has 0 aliphatic rings. The number of hydrogen-bond acceptors (Lipinski definition) is 4. The number of hydrogen-bond donors (Lipinski definition) is 1. The molecule has 0 heterocycles. The molecule has 0 saturated carbocycles. The van der Waals surface area contributed by atoms with Crippen LogP contribution >= 0.6 is 0 Å². The summed E-state index contributed by atoms with van der Waals surface area (Å²) in [7, 11) is -4.14. The van der Waals surface area contributed by atoms with Gasteiger partial charge in [-0.3, -0.25) is 13.9 Å². The van der Waals surface area contributed by atoms with Gasteiger partial charge in [-0.15, -0.1) is 0 Å². The van der Waals surface area contributed by atoms with Crippen LogP contribution in [0.1, 0.15) is 31.4 Å². The van der Waals surface area contributed by atoms with Crippen molar-refractivity contribution in [3.63, 3.8) is 0 Å². The molecule has 1 atom stereocenters. The molecule has 0 aliphatic carbocycles. The van der Waals surface area contributed by atoms with Gasteiger partial charge in [0.15, 0.2) is 0 Å². The van der Waals surface area contributed by atoms with Crippen molar-refractivity contribution in [1.82, 2.24) is 10.2 Å². The Morgan fingerprint density at radius 1 is 0.946 bits per heavy atom. The summed E-state index contributed by atoms with van der Waals surface area (Å²) in [6, 6.07) is 19.7. The first-order valence-electron chi connectivity index (χ1n) is 12.1. The van der Waals surface area contributed by atoms with Gasteiger partial charge in [-0.05, 0) is 50.1 Å². The van der Waals surface area contributed by atoms with Gasteiger partial charge >= 0.3 is 0 Å². The third-order valence-corrected chi connectivity index (χ3v) is 7.78. The van der Waals surface area contributed by atoms with Gasteiger partial charge in [-0.1, -0.05) is 61.5 Å². The molecule has 9 heteroatoms. The molecular weight excluding hydrogens is 493 g/mol. The Bertz CT molecular complexity index is 1330. The van der Waals surface area contributed by atoms with Crippen LogP contribution < -0.4 is 9.62 Å². The van der Waals surface area contributed by atoms with Crippen LogP contribution in [0.4, 0.5) is 10.1 Å². The van der Waals surface area contributed by atoms with Crippen molar-refractivity contribution in [2.24, 2.45) is 0 Å². The first-order valence-corrected chi connectivity index (χ1v) is 13.5. The second kappa shape index (κ2) is 12.5. The number of sulfonamides is 1. The zero-order valence-corrected chi connectivity index (χ0v) is 22.0. The zero-order valence-electron chi connectivity index (χ0n) is 21.2. The van der Waals surface area contributed by atoms with Crippen LogP contribution in [0, 0.1) is 12.7 Å². The lowest BCUT2D eigenvalue weighted by atomic mass is 10.1. The molecule has 0 aromatic heterocycles. The highest BCUT2D eigenvalue weighted by Crippen LogP contribution is 2.27. The molecule has 0 spiro atoms. The molecule has 1 N–H and O–H groups in total. The number of nitrogens with one attached hydrogen (secondary N) is 1. The maximum atomic E-state index is 14.5. The van der Waals surface area contributed by atoms with E-state index < -0.39 is 40.2 Å². The van der Waals surface area contributed by atoms with Crippen molar-refractivity contribution in [3.05, 3.63) is 95.8 Å². The molecule has 3 rings (SSSR count). The lowest BCUT2D eigenvalue weighted by Gasteiger charge is -2.32. The van der Waals surface area contributed by atoms with E-state index in [0.717, 1.165) is 4.31 Å². The normalized spacial score (nSPS) is 12.0. The van der Waals surface area contributed by atoms with E-state index in [1.165, 1.54) is 35.2 Å². The minimum Gasteiger partial charge on any atom is -0.354 e. The summed E-state index contributed by atoms with van der Waals surface area (Å²) in [6.45, 7) is 4.87. The standard InChI is InChI=1S/C28H32FN3O4S/c1-4-18-30-28(34)22(3)31(19-23-13-9-10-16-25(23)29)27(33)20-32(26-17-11-8-12-21(26)2)37(35,36)24-14-6-5-7-15-24/h5-17,22H,4,18-20H2,1-3H3,(H,30,34). The fourth-order valence-electron chi connectivity index (χ4n) is 3.86. The molecule has 196 valence electrons. The fraction of sp³-hybridized carbons (Fsp3) is 0.286. The van der Waals surface area contributed by atoms with Gasteiger partial charge in [0.25, 0.3) is 10.0 Å². The Labute approximate surface area is 218 Å². The number of anilines is 1. The van der Waals surface area contributed by atoms with Crippen LogP contribution in [-0.2, 0) is 26.2 Å². The summed E-state index contributed by atoms with van der Waals surface area (Å²) in [6.07, 6.45) is 0.704. The van der Waals surface area contributed by atoms with Crippen LogP contribution in [0.5, 0.6) is 0 Å². The third kappa shape index (κ3) is 6.74. The highest BCUT2D eigenvalue weighted by Gasteiger charge is 2.33. The van der Waals surface area contributed by atoms with Gasteiger partial charge in [-0.25, -0.2) is 12.8 Å². The highest BCUT2D eigenvalue weighted by molar-refractivity contribution is 7.92. The topological polar surface area (TPSA) is 86.8 Å². The van der Waals surface area contributed by atoms with E-state index in [2.05, 4.69) is 5.32 Å². The molecule has 3 aromatic rings. The van der Waals surface area contributed by atoms with E-state index in [4.69, 9.17) is 0 Å². The van der Waals surface area contributed by atoms with Gasteiger partial charge in [0, 0.05) is 18.7 Å². The van der Waals surface area contributed by atoms with Crippen molar-refractivity contribution in [3.8, 4) is 0 Å². The van der Waals surface area contributed by atoms with Crippen LogP contribution in [0.25, 0.3) is 0 Å². The summed E-state index contributed by atoms with van der Waals surface area (Å²) in [5, 5.41) is 2.76. The Morgan fingerprint density at radius 2 is 1.57 bits per heavy atom. The SMILES string of the molecule is CCCNC(=O)C(C)N(Cc1ccccc1F)C(=O)CN(c1ccccc1C)S(=O)(=O)c1ccccc1. The lowest BCUT2D eigenvalue weighted by molar-refractivity contribution is -0.139. The van der Waals surface area contributed by atoms with Crippen molar-refractivity contribution in [1.29, 1.82) is 0 Å². The molecule has 0 saturated heterocycles. The van der Waals surface area contributed by atoms with Gasteiger partial charge in [0.05, 0.1) is 10.6 Å². The number of rotatable bonds is 11. The summed E-state index contributed by atoms with van der Waals surface area (Å²) >= 11 is 0. The van der Waals surface area contributed by atoms with Crippen LogP contribution in [-0.4, -0.2) is 44.3 Å². The van der Waals surface area contributed by atoms with Crippen molar-refractivity contribution < 1.29 is 22.4 Å². The highest BCUT2D eigenvalue weighted by atomic mass is 32.2. The van der Waals surface area contributed by atoms with Crippen LogP contribution in [0.15, 0.2) is 83.8 Å². The first kappa shape index (κ1) is 27.9. The molecular formula is C28H32FN3O4S. The van der Waals surface area contributed by atoms with Crippen LogP contribution in [0.3, 0.4) is 0 Å². The Kier molecular flexibility index (Phi) is 9.41. The summed E-state index contributed by atoms with van der Waals surface area (Å²) < 4.78 is 43.0. The average Bonchev–Trinajstić information content (AvgIpc) is 2.90. The molecule has 3 aromatic carbocycles. The quantitative estimate of drug-likeness (QED) is 0.405. The minimum atomic E-state index is -4.14. The van der Waals surface area contributed by atoms with Crippen molar-refractivity contribution in [2.75, 3.05) is 17.4 Å². The Hall–Kier alpha value is -3.72. The fourth-order valence-corrected chi connectivity index (χ4v) is 5.36. The zero-order chi connectivity index (χ0) is 27.0. The van der Waals surface area contributed by atoms with Gasteiger partial charge in [0.2, 0.25) is 11.8 Å². The average molecular weight is 526 g/mol. The summed E-state index contributed by atoms with van der Waals surface area (Å²) in [4.78, 5) is 27.8. The van der Waals surface area contributed by atoms with Crippen LogP contribution in [0.2, 0.25) is 0 Å². The molecule has 0 radical (unpaired) electrons. The van der Waals surface area contributed by atoms with E-state index in [-0.39, 0.29) is 17.0 Å². The molecule has 0 aliphatic heterocycles. The predicted molar refractivity (Wildman–Crippen MR) is 142 cm³/mol. The maximum absolute atomic E-state index is 14.5. The van der Waals surface area contributed by atoms with E-state index in [0.29, 0.717) is 24.2 Å². The monoisotopic (exact) mass is 525 g/mol. The largest absolute Gasteiger partial charge is 0.354 e. The van der Waals surface area contributed by atoms with Gasteiger partial charge < -0.3 is 10.2 Å². The lowest BCUT2D eigenvalue weighted by Crippen LogP contribution is -2.51. The second-order valence-electron chi connectivity index (χ2n) is 8.69. The third-order valence-electron chi connectivity index (χ3n) is 6.01. The molecule has 0 fully saturated rings. The number of carbonyl (C=O) groups is 2. The first-order chi connectivity index (χ1) is 17.7. The van der Waals surface area contributed by atoms with E-state index in [1.54, 1.807) is 62.4 Å². The van der Waals surface area contributed by atoms with Gasteiger partial charge in [0.1, 0.15) is 18.4 Å². The number of nitrogens with zero attached hydrogens (tertiary/aromatic N) is 2. The molecule has 37 heavy (non-hydrogen) atoms. The number of amides is 2. The molecule has 0 bridgehead atoms. The summed E-state index contributed by atoms with van der Waals surface area (Å²) in [5.41, 5.74) is 1.22. The smallest absolute Gasteiger partial charge is 0.264 e. The second-order valence-corrected chi connectivity index (χ2v) is 10.6. The number of aryl methyl sites for hydroxylation is 1. The van der Waals surface area contributed by atoms with E-state index in [9.17, 15) is 22.4 Å². The molecule has 7 nitrogen and oxygen atoms in total. The van der Waals surface area contributed by atoms with Crippen molar-refractivity contribution in [2.45, 2.75) is 44.7 Å². The van der Waals surface area contributed by atoms with E-state index in [1.807, 2.05) is 6.92 Å². The summed E-state index contributed by atoms with van der Waals surface area (Å²) in [5.74, 6) is -1.56. The number of halogens is 1. The molecule has 1 unspecified atom stereocenters. The Morgan fingerprint density at radius 3 is 2.22 bits per heavy atom. The predicted octanol–water partition coefficient (Wildman–Crippen LogP) is 4.27. The van der Waals surface area contributed by atoms with Gasteiger partial charge in [-0.2, -0.15) is 0 Å². The van der Waals surface area contributed by atoms with Crippen molar-refractivity contribution >= 4 is 27.5 Å².